The van der Waals surface area contributed by atoms with Crippen LogP contribution in [0.1, 0.15) is 73.5 Å². The lowest BCUT2D eigenvalue weighted by atomic mass is 9.82. The van der Waals surface area contributed by atoms with Crippen LogP contribution in [0.2, 0.25) is 0 Å². The van der Waals surface area contributed by atoms with Crippen molar-refractivity contribution in [1.29, 1.82) is 5.26 Å². The highest BCUT2D eigenvalue weighted by molar-refractivity contribution is 6.04. The first-order chi connectivity index (χ1) is 15.5. The summed E-state index contributed by atoms with van der Waals surface area (Å²) < 4.78 is 7.48. The first kappa shape index (κ1) is 20.2. The van der Waals surface area contributed by atoms with Gasteiger partial charge in [0.05, 0.1) is 18.2 Å². The van der Waals surface area contributed by atoms with E-state index in [-0.39, 0.29) is 29.8 Å². The molecule has 6 rings (SSSR count). The number of hydrogen-bond donors (Lipinski definition) is 1. The Morgan fingerprint density at radius 3 is 2.62 bits per heavy atom. The number of hydrogen-bond acceptors (Lipinski definition) is 6. The fourth-order valence-corrected chi connectivity index (χ4v) is 6.25. The number of nitriles is 1. The number of rotatable bonds is 4. The van der Waals surface area contributed by atoms with Gasteiger partial charge in [-0.15, -0.1) is 0 Å². The number of likely N-dealkylation sites (tertiary alicyclic amines) is 1. The number of aromatic nitrogens is 2. The molecule has 0 bridgehead atoms. The van der Waals surface area contributed by atoms with E-state index in [4.69, 9.17) is 15.6 Å². The van der Waals surface area contributed by atoms with E-state index in [2.05, 4.69) is 6.07 Å². The molecule has 2 N–H and O–H groups in total. The molecular formula is C23H30N6O3. The number of likely N-dealkylation sites (N-methyl/N-ethyl adjacent to an activating group) is 1. The van der Waals surface area contributed by atoms with Gasteiger partial charge in [0.1, 0.15) is 11.9 Å². The summed E-state index contributed by atoms with van der Waals surface area (Å²) in [7, 11) is 0. The number of nitrogens with two attached hydrogens (primary N) is 1. The minimum absolute atomic E-state index is 0.0779. The molecule has 5 aliphatic rings. The van der Waals surface area contributed by atoms with Crippen molar-refractivity contribution < 1.29 is 14.3 Å². The first-order valence-corrected chi connectivity index (χ1v) is 12.0. The number of ether oxygens (including phenoxy) is 1. The number of piperidine rings is 1. The van der Waals surface area contributed by atoms with Crippen molar-refractivity contribution >= 4 is 17.6 Å². The quantitative estimate of drug-likeness (QED) is 0.762. The van der Waals surface area contributed by atoms with Crippen molar-refractivity contribution in [3.8, 4) is 6.07 Å². The zero-order chi connectivity index (χ0) is 22.1. The maximum absolute atomic E-state index is 13.9. The van der Waals surface area contributed by atoms with Gasteiger partial charge in [-0.1, -0.05) is 0 Å². The predicted molar refractivity (Wildman–Crippen MR) is 115 cm³/mol. The summed E-state index contributed by atoms with van der Waals surface area (Å²) >= 11 is 0. The molecule has 2 saturated carbocycles. The average molecular weight is 439 g/mol. The SMILES string of the molecule is CCN1C(=O)[C@@H](N)[C@@H](C2CC2)c2c(C(=O)N3[C@H](C#N)C[C@H]4C[C@H]43)nn(C3CCOCC3)c21. The van der Waals surface area contributed by atoms with Gasteiger partial charge in [0.25, 0.3) is 5.91 Å². The Labute approximate surface area is 187 Å². The third-order valence-electron chi connectivity index (χ3n) is 8.12. The molecule has 0 unspecified atom stereocenters. The molecule has 5 atom stereocenters. The number of carbonyl (C=O) groups is 2. The van der Waals surface area contributed by atoms with E-state index in [0.717, 1.165) is 49.9 Å². The van der Waals surface area contributed by atoms with Crippen LogP contribution in [0.4, 0.5) is 5.82 Å². The molecule has 32 heavy (non-hydrogen) atoms. The van der Waals surface area contributed by atoms with Gasteiger partial charge in [-0.05, 0) is 57.3 Å². The molecule has 9 heteroatoms. The molecule has 2 amide bonds. The Kier molecular flexibility index (Phi) is 4.60. The Hall–Kier alpha value is -2.44. The van der Waals surface area contributed by atoms with Crippen LogP contribution < -0.4 is 10.6 Å². The van der Waals surface area contributed by atoms with Crippen LogP contribution in [0, 0.1) is 23.2 Å². The Morgan fingerprint density at radius 2 is 1.97 bits per heavy atom. The third kappa shape index (κ3) is 2.85. The zero-order valence-corrected chi connectivity index (χ0v) is 18.4. The molecule has 4 fully saturated rings. The lowest BCUT2D eigenvalue weighted by Gasteiger charge is -2.37. The maximum atomic E-state index is 13.9. The molecule has 0 radical (unpaired) electrons. The van der Waals surface area contributed by atoms with Crippen molar-refractivity contribution in [1.82, 2.24) is 14.7 Å². The number of fused-ring (bicyclic) bond motifs is 2. The van der Waals surface area contributed by atoms with Crippen LogP contribution in [-0.2, 0) is 9.53 Å². The topological polar surface area (TPSA) is 117 Å². The van der Waals surface area contributed by atoms with Crippen molar-refractivity contribution in [2.24, 2.45) is 17.6 Å². The van der Waals surface area contributed by atoms with E-state index in [0.29, 0.717) is 37.3 Å². The van der Waals surface area contributed by atoms with Crippen LogP contribution >= 0.6 is 0 Å². The van der Waals surface area contributed by atoms with E-state index in [1.165, 1.54) is 0 Å². The highest BCUT2D eigenvalue weighted by atomic mass is 16.5. The van der Waals surface area contributed by atoms with Crippen LogP contribution in [0.5, 0.6) is 0 Å². The molecule has 1 aromatic rings. The number of carbonyl (C=O) groups excluding carboxylic acids is 2. The lowest BCUT2D eigenvalue weighted by Crippen LogP contribution is -2.52. The van der Waals surface area contributed by atoms with Gasteiger partial charge in [0, 0.05) is 37.3 Å². The van der Waals surface area contributed by atoms with Crippen molar-refractivity contribution in [2.75, 3.05) is 24.7 Å². The molecule has 0 aromatic carbocycles. The summed E-state index contributed by atoms with van der Waals surface area (Å²) in [4.78, 5) is 30.7. The lowest BCUT2D eigenvalue weighted by molar-refractivity contribution is -0.121. The Balaban J connectivity index is 1.51. The van der Waals surface area contributed by atoms with E-state index in [9.17, 15) is 14.9 Å². The van der Waals surface area contributed by atoms with Gasteiger partial charge >= 0.3 is 0 Å². The van der Waals surface area contributed by atoms with E-state index in [1.54, 1.807) is 9.80 Å². The first-order valence-electron chi connectivity index (χ1n) is 12.0. The van der Waals surface area contributed by atoms with Crippen LogP contribution in [0.15, 0.2) is 0 Å². The molecule has 2 aliphatic carbocycles. The van der Waals surface area contributed by atoms with Gasteiger partial charge in [0.2, 0.25) is 5.91 Å². The second kappa shape index (κ2) is 7.29. The standard InChI is InChI=1S/C23H30N6O3/c1-2-27-21-18(17(12-3-4-12)19(25)22(27)30)20(26-29(21)14-5-7-32-8-6-14)23(31)28-15(11-24)9-13-10-16(13)28/h12-17,19H,2-10,25H2,1H3/t13-,15-,16+,17-,19-/m0/s1. The summed E-state index contributed by atoms with van der Waals surface area (Å²) in [6.45, 7) is 3.70. The van der Waals surface area contributed by atoms with Gasteiger partial charge in [0.15, 0.2) is 5.69 Å². The summed E-state index contributed by atoms with van der Waals surface area (Å²) in [6, 6.07) is 1.50. The highest BCUT2D eigenvalue weighted by Gasteiger charge is 2.56. The zero-order valence-electron chi connectivity index (χ0n) is 18.4. The second-order valence-corrected chi connectivity index (χ2v) is 10.0. The van der Waals surface area contributed by atoms with Crippen molar-refractivity contribution in [3.63, 3.8) is 0 Å². The van der Waals surface area contributed by atoms with Gasteiger partial charge in [-0.25, -0.2) is 4.68 Å². The Morgan fingerprint density at radius 1 is 1.22 bits per heavy atom. The normalized spacial score (nSPS) is 34.3. The van der Waals surface area contributed by atoms with Gasteiger partial charge in [-0.2, -0.15) is 10.4 Å². The molecule has 4 heterocycles. The van der Waals surface area contributed by atoms with E-state index < -0.39 is 12.1 Å². The molecule has 1 aromatic heterocycles. The molecule has 2 saturated heterocycles. The van der Waals surface area contributed by atoms with E-state index >= 15 is 0 Å². The third-order valence-corrected chi connectivity index (χ3v) is 8.12. The predicted octanol–water partition coefficient (Wildman–Crippen LogP) is 1.55. The molecular weight excluding hydrogens is 408 g/mol. The monoisotopic (exact) mass is 438 g/mol. The minimum Gasteiger partial charge on any atom is -0.381 e. The average Bonchev–Trinajstić information content (AvgIpc) is 3.73. The van der Waals surface area contributed by atoms with Gasteiger partial charge < -0.3 is 15.4 Å². The molecule has 3 aliphatic heterocycles. The fraction of sp³-hybridized carbons (Fsp3) is 0.739. The summed E-state index contributed by atoms with van der Waals surface area (Å²) in [5.41, 5.74) is 7.78. The summed E-state index contributed by atoms with van der Waals surface area (Å²) in [5, 5.41) is 14.6. The highest BCUT2D eigenvalue weighted by Crippen LogP contribution is 2.53. The maximum Gasteiger partial charge on any atom is 0.276 e. The van der Waals surface area contributed by atoms with Crippen LogP contribution in [-0.4, -0.2) is 64.4 Å². The largest absolute Gasteiger partial charge is 0.381 e. The smallest absolute Gasteiger partial charge is 0.276 e. The number of amides is 2. The molecule has 170 valence electrons. The fourth-order valence-electron chi connectivity index (χ4n) is 6.25. The summed E-state index contributed by atoms with van der Waals surface area (Å²) in [5.74, 6) is 1.07. The minimum atomic E-state index is -0.659. The molecule has 9 nitrogen and oxygen atoms in total. The number of anilines is 1. The van der Waals surface area contributed by atoms with E-state index in [1.807, 2.05) is 11.6 Å². The molecule has 0 spiro atoms. The van der Waals surface area contributed by atoms with Crippen molar-refractivity contribution in [2.45, 2.75) is 75.5 Å². The second-order valence-electron chi connectivity index (χ2n) is 10.0. The van der Waals surface area contributed by atoms with Crippen molar-refractivity contribution in [3.05, 3.63) is 11.3 Å². The van der Waals surface area contributed by atoms with Crippen LogP contribution in [0.25, 0.3) is 0 Å². The summed E-state index contributed by atoms with van der Waals surface area (Å²) in [6.07, 6.45) is 5.34. The Bertz CT molecular complexity index is 1000. The number of nitrogens with zero attached hydrogens (tertiary/aromatic N) is 5. The van der Waals surface area contributed by atoms with Gasteiger partial charge in [-0.3, -0.25) is 14.5 Å². The van der Waals surface area contributed by atoms with Crippen LogP contribution in [0.3, 0.4) is 0 Å².